The SMILES string of the molecule is CC(C)=CCc1ccc(C)c2[nH]cc(CC(C)C(=O)O)c12. The van der Waals surface area contributed by atoms with Gasteiger partial charge in [-0.1, -0.05) is 30.7 Å². The summed E-state index contributed by atoms with van der Waals surface area (Å²) in [5, 5.41) is 10.3. The molecule has 0 amide bonds. The fourth-order valence-corrected chi connectivity index (χ4v) is 2.60. The smallest absolute Gasteiger partial charge is 0.306 e. The quantitative estimate of drug-likeness (QED) is 0.807. The van der Waals surface area contributed by atoms with Crippen molar-refractivity contribution in [1.29, 1.82) is 0 Å². The average molecular weight is 285 g/mol. The Kier molecular flexibility index (Phi) is 4.51. The highest BCUT2D eigenvalue weighted by molar-refractivity contribution is 5.89. The van der Waals surface area contributed by atoms with E-state index < -0.39 is 5.97 Å². The van der Waals surface area contributed by atoms with E-state index in [-0.39, 0.29) is 5.92 Å². The third kappa shape index (κ3) is 3.35. The van der Waals surface area contributed by atoms with E-state index in [1.165, 1.54) is 22.1 Å². The Morgan fingerprint density at radius 3 is 2.67 bits per heavy atom. The highest BCUT2D eigenvalue weighted by atomic mass is 16.4. The second-order valence-electron chi connectivity index (χ2n) is 6.03. The first-order valence-electron chi connectivity index (χ1n) is 7.34. The van der Waals surface area contributed by atoms with Crippen molar-refractivity contribution in [2.45, 2.75) is 40.5 Å². The second kappa shape index (κ2) is 6.17. The number of aryl methyl sites for hydroxylation is 1. The lowest BCUT2D eigenvalue weighted by molar-refractivity contribution is -0.141. The van der Waals surface area contributed by atoms with Crippen LogP contribution < -0.4 is 0 Å². The fourth-order valence-electron chi connectivity index (χ4n) is 2.60. The van der Waals surface area contributed by atoms with E-state index in [0.717, 1.165) is 17.5 Å². The summed E-state index contributed by atoms with van der Waals surface area (Å²) in [7, 11) is 0. The lowest BCUT2D eigenvalue weighted by Crippen LogP contribution is -2.12. The van der Waals surface area contributed by atoms with Crippen molar-refractivity contribution in [1.82, 2.24) is 4.98 Å². The molecule has 2 aromatic rings. The molecule has 1 atom stereocenters. The van der Waals surface area contributed by atoms with Crippen LogP contribution in [-0.4, -0.2) is 16.1 Å². The summed E-state index contributed by atoms with van der Waals surface area (Å²) in [5.41, 5.74) is 5.97. The molecule has 0 radical (unpaired) electrons. The maximum Gasteiger partial charge on any atom is 0.306 e. The van der Waals surface area contributed by atoms with Gasteiger partial charge in [-0.25, -0.2) is 0 Å². The monoisotopic (exact) mass is 285 g/mol. The number of carbonyl (C=O) groups is 1. The van der Waals surface area contributed by atoms with Crippen molar-refractivity contribution in [3.8, 4) is 0 Å². The third-order valence-electron chi connectivity index (χ3n) is 3.89. The molecule has 112 valence electrons. The van der Waals surface area contributed by atoms with Gasteiger partial charge in [0.2, 0.25) is 0 Å². The molecule has 0 aliphatic rings. The fraction of sp³-hybridized carbons (Fsp3) is 0.389. The number of nitrogens with one attached hydrogen (secondary N) is 1. The van der Waals surface area contributed by atoms with Crippen LogP contribution in [0.5, 0.6) is 0 Å². The molecule has 3 nitrogen and oxygen atoms in total. The summed E-state index contributed by atoms with van der Waals surface area (Å²) in [6.45, 7) is 8.02. The van der Waals surface area contributed by atoms with E-state index in [9.17, 15) is 4.79 Å². The number of hydrogen-bond donors (Lipinski definition) is 2. The largest absolute Gasteiger partial charge is 0.481 e. The number of H-pyrrole nitrogens is 1. The molecule has 0 bridgehead atoms. The van der Waals surface area contributed by atoms with Gasteiger partial charge in [-0.2, -0.15) is 0 Å². The van der Waals surface area contributed by atoms with Gasteiger partial charge in [0, 0.05) is 17.1 Å². The molecular formula is C18H23NO2. The Labute approximate surface area is 125 Å². The van der Waals surface area contributed by atoms with Crippen molar-refractivity contribution < 1.29 is 9.90 Å². The Hall–Kier alpha value is -2.03. The number of carboxylic acid groups (broad SMARTS) is 1. The molecule has 0 spiro atoms. The molecule has 0 aliphatic heterocycles. The van der Waals surface area contributed by atoms with Gasteiger partial charge in [0.1, 0.15) is 0 Å². The molecule has 2 N–H and O–H groups in total. The number of rotatable bonds is 5. The summed E-state index contributed by atoms with van der Waals surface area (Å²) in [6.07, 6.45) is 5.61. The van der Waals surface area contributed by atoms with Gasteiger partial charge in [-0.05, 0) is 50.3 Å². The number of aromatic nitrogens is 1. The molecule has 1 unspecified atom stereocenters. The summed E-state index contributed by atoms with van der Waals surface area (Å²) < 4.78 is 0. The number of hydrogen-bond acceptors (Lipinski definition) is 1. The van der Waals surface area contributed by atoms with E-state index in [4.69, 9.17) is 5.11 Å². The molecule has 1 heterocycles. The van der Waals surface area contributed by atoms with E-state index in [0.29, 0.717) is 6.42 Å². The predicted molar refractivity (Wildman–Crippen MR) is 86.7 cm³/mol. The van der Waals surface area contributed by atoms with E-state index >= 15 is 0 Å². The Balaban J connectivity index is 2.49. The first-order valence-corrected chi connectivity index (χ1v) is 7.34. The molecule has 0 saturated heterocycles. The number of fused-ring (bicyclic) bond motifs is 1. The second-order valence-corrected chi connectivity index (χ2v) is 6.03. The van der Waals surface area contributed by atoms with Gasteiger partial charge in [-0.15, -0.1) is 0 Å². The van der Waals surface area contributed by atoms with Crippen LogP contribution in [0.25, 0.3) is 10.9 Å². The third-order valence-corrected chi connectivity index (χ3v) is 3.89. The number of carboxylic acids is 1. The highest BCUT2D eigenvalue weighted by Crippen LogP contribution is 2.28. The van der Waals surface area contributed by atoms with Crippen LogP contribution >= 0.6 is 0 Å². The molecule has 0 aliphatic carbocycles. The van der Waals surface area contributed by atoms with Crippen LogP contribution in [-0.2, 0) is 17.6 Å². The lowest BCUT2D eigenvalue weighted by atomic mass is 9.95. The standard InChI is InChI=1S/C18H23NO2/c1-11(2)5-7-14-8-6-12(3)17-16(14)15(10-19-17)9-13(4)18(20)21/h5-6,8,10,13,19H,7,9H2,1-4H3,(H,20,21). The molecule has 1 aromatic carbocycles. The molecule has 21 heavy (non-hydrogen) atoms. The van der Waals surface area contributed by atoms with E-state index in [1.54, 1.807) is 6.92 Å². The van der Waals surface area contributed by atoms with Gasteiger partial charge in [0.15, 0.2) is 0 Å². The number of aliphatic carboxylic acids is 1. The van der Waals surface area contributed by atoms with Crippen molar-refractivity contribution in [3.63, 3.8) is 0 Å². The van der Waals surface area contributed by atoms with Crippen molar-refractivity contribution in [2.24, 2.45) is 5.92 Å². The average Bonchev–Trinajstić information content (AvgIpc) is 2.83. The topological polar surface area (TPSA) is 53.1 Å². The molecule has 3 heteroatoms. The predicted octanol–water partition coefficient (Wildman–Crippen LogP) is 4.25. The van der Waals surface area contributed by atoms with Gasteiger partial charge in [-0.3, -0.25) is 4.79 Å². The molecule has 1 aromatic heterocycles. The first kappa shape index (κ1) is 15.4. The minimum absolute atomic E-state index is 0.374. The minimum atomic E-state index is -0.747. The van der Waals surface area contributed by atoms with Gasteiger partial charge < -0.3 is 10.1 Å². The van der Waals surface area contributed by atoms with Crippen molar-refractivity contribution in [3.05, 3.63) is 46.7 Å². The molecular weight excluding hydrogens is 262 g/mol. The Morgan fingerprint density at radius 1 is 1.33 bits per heavy atom. The number of aromatic amines is 1. The van der Waals surface area contributed by atoms with Crippen LogP contribution in [0, 0.1) is 12.8 Å². The van der Waals surface area contributed by atoms with Crippen molar-refractivity contribution >= 4 is 16.9 Å². The number of benzene rings is 1. The van der Waals surface area contributed by atoms with Crippen LogP contribution in [0.15, 0.2) is 30.0 Å². The van der Waals surface area contributed by atoms with Gasteiger partial charge >= 0.3 is 5.97 Å². The van der Waals surface area contributed by atoms with E-state index in [1.807, 2.05) is 6.20 Å². The van der Waals surface area contributed by atoms with Crippen LogP contribution in [0.3, 0.4) is 0 Å². The van der Waals surface area contributed by atoms with Crippen LogP contribution in [0.2, 0.25) is 0 Å². The minimum Gasteiger partial charge on any atom is -0.481 e. The summed E-state index contributed by atoms with van der Waals surface area (Å²) in [6, 6.07) is 4.28. The normalized spacial score (nSPS) is 12.4. The summed E-state index contributed by atoms with van der Waals surface area (Å²) in [4.78, 5) is 14.4. The summed E-state index contributed by atoms with van der Waals surface area (Å²) in [5.74, 6) is -1.12. The maximum atomic E-state index is 11.1. The highest BCUT2D eigenvalue weighted by Gasteiger charge is 2.16. The Morgan fingerprint density at radius 2 is 2.05 bits per heavy atom. The molecule has 0 fully saturated rings. The maximum absolute atomic E-state index is 11.1. The first-order chi connectivity index (χ1) is 9.90. The van der Waals surface area contributed by atoms with Crippen LogP contribution in [0.4, 0.5) is 0 Å². The number of allylic oxidation sites excluding steroid dienone is 2. The zero-order valence-corrected chi connectivity index (χ0v) is 13.2. The zero-order chi connectivity index (χ0) is 15.6. The zero-order valence-electron chi connectivity index (χ0n) is 13.2. The summed E-state index contributed by atoms with van der Waals surface area (Å²) >= 11 is 0. The Bertz CT molecular complexity index is 691. The van der Waals surface area contributed by atoms with Crippen LogP contribution in [0.1, 0.15) is 37.5 Å². The van der Waals surface area contributed by atoms with Gasteiger partial charge in [0.05, 0.1) is 5.92 Å². The molecule has 0 saturated carbocycles. The van der Waals surface area contributed by atoms with Crippen molar-refractivity contribution in [2.75, 3.05) is 0 Å². The van der Waals surface area contributed by atoms with E-state index in [2.05, 4.69) is 44.0 Å². The molecule has 2 rings (SSSR count). The lowest BCUT2D eigenvalue weighted by Gasteiger charge is -2.09. The van der Waals surface area contributed by atoms with Gasteiger partial charge in [0.25, 0.3) is 0 Å².